The van der Waals surface area contributed by atoms with Crippen LogP contribution >= 0.6 is 0 Å². The normalized spacial score (nSPS) is 39.0. The molecule has 5 heteroatoms. The number of hydrogen-bond donors (Lipinski definition) is 1. The fourth-order valence-corrected chi connectivity index (χ4v) is 1.69. The van der Waals surface area contributed by atoms with E-state index in [-0.39, 0.29) is 12.8 Å². The molecule has 1 N–H and O–H groups in total. The molecule has 0 bridgehead atoms. The first-order valence-electron chi connectivity index (χ1n) is 4.13. The highest BCUT2D eigenvalue weighted by Gasteiger charge is 2.52. The van der Waals surface area contributed by atoms with Crippen molar-refractivity contribution in [3.63, 3.8) is 0 Å². The maximum absolute atomic E-state index is 13.4. The van der Waals surface area contributed by atoms with Gasteiger partial charge in [0.15, 0.2) is 12.3 Å². The van der Waals surface area contributed by atoms with E-state index in [2.05, 4.69) is 0 Å². The van der Waals surface area contributed by atoms with Gasteiger partial charge in [0.2, 0.25) is 5.79 Å². The van der Waals surface area contributed by atoms with Crippen molar-refractivity contribution in [2.45, 2.75) is 37.1 Å². The van der Waals surface area contributed by atoms with Crippen molar-refractivity contribution < 1.29 is 23.4 Å². The third kappa shape index (κ3) is 1.68. The SMILES string of the molecule is COC1(OC)C(F)CC(O)CC1F. The van der Waals surface area contributed by atoms with Gasteiger partial charge in [0, 0.05) is 27.1 Å². The van der Waals surface area contributed by atoms with Gasteiger partial charge in [-0.2, -0.15) is 0 Å². The Balaban J connectivity index is 2.80. The van der Waals surface area contributed by atoms with E-state index in [1.807, 2.05) is 0 Å². The van der Waals surface area contributed by atoms with Gasteiger partial charge in [-0.1, -0.05) is 0 Å². The van der Waals surface area contributed by atoms with E-state index < -0.39 is 24.2 Å². The summed E-state index contributed by atoms with van der Waals surface area (Å²) < 4.78 is 36.1. The number of rotatable bonds is 2. The van der Waals surface area contributed by atoms with Crippen LogP contribution in [0, 0.1) is 0 Å². The van der Waals surface area contributed by atoms with Crippen molar-refractivity contribution in [3.8, 4) is 0 Å². The van der Waals surface area contributed by atoms with Gasteiger partial charge in [-0.3, -0.25) is 0 Å². The van der Waals surface area contributed by atoms with Gasteiger partial charge in [-0.05, 0) is 0 Å². The zero-order chi connectivity index (χ0) is 10.1. The standard InChI is InChI=1S/C8H14F2O3/c1-12-8(13-2)6(9)3-5(11)4-7(8)10/h5-7,11H,3-4H2,1-2H3. The van der Waals surface area contributed by atoms with Gasteiger partial charge < -0.3 is 14.6 Å². The minimum Gasteiger partial charge on any atom is -0.393 e. The Morgan fingerprint density at radius 3 is 1.85 bits per heavy atom. The first-order chi connectivity index (χ1) is 6.06. The number of aliphatic hydroxyl groups is 1. The predicted octanol–water partition coefficient (Wildman–Crippen LogP) is 0.806. The second-order valence-electron chi connectivity index (χ2n) is 3.19. The molecule has 13 heavy (non-hydrogen) atoms. The van der Waals surface area contributed by atoms with Crippen molar-refractivity contribution >= 4 is 0 Å². The molecule has 2 atom stereocenters. The number of hydrogen-bond acceptors (Lipinski definition) is 3. The van der Waals surface area contributed by atoms with E-state index >= 15 is 0 Å². The Morgan fingerprint density at radius 1 is 1.15 bits per heavy atom. The summed E-state index contributed by atoms with van der Waals surface area (Å²) in [6.07, 6.45) is -4.53. The van der Waals surface area contributed by atoms with E-state index in [1.165, 1.54) is 14.2 Å². The van der Waals surface area contributed by atoms with Crippen molar-refractivity contribution in [2.24, 2.45) is 0 Å². The average Bonchev–Trinajstić information content (AvgIpc) is 2.05. The molecule has 3 nitrogen and oxygen atoms in total. The molecule has 2 unspecified atom stereocenters. The lowest BCUT2D eigenvalue weighted by Gasteiger charge is -2.41. The van der Waals surface area contributed by atoms with Crippen molar-refractivity contribution in [1.82, 2.24) is 0 Å². The highest BCUT2D eigenvalue weighted by molar-refractivity contribution is 4.94. The molecule has 0 amide bonds. The lowest BCUT2D eigenvalue weighted by atomic mass is 9.88. The number of alkyl halides is 2. The molecular formula is C8H14F2O3. The predicted molar refractivity (Wildman–Crippen MR) is 41.8 cm³/mol. The fraction of sp³-hybridized carbons (Fsp3) is 1.00. The molecule has 0 aromatic heterocycles. The number of ether oxygens (including phenoxy) is 2. The van der Waals surface area contributed by atoms with E-state index in [0.29, 0.717) is 0 Å². The van der Waals surface area contributed by atoms with Gasteiger partial charge in [0.25, 0.3) is 0 Å². The molecular weight excluding hydrogens is 182 g/mol. The highest BCUT2D eigenvalue weighted by atomic mass is 19.1. The molecule has 0 spiro atoms. The van der Waals surface area contributed by atoms with Crippen LogP contribution in [0.2, 0.25) is 0 Å². The summed E-state index contributed by atoms with van der Waals surface area (Å²) in [6, 6.07) is 0. The van der Waals surface area contributed by atoms with Gasteiger partial charge in [-0.15, -0.1) is 0 Å². The zero-order valence-corrected chi connectivity index (χ0v) is 7.67. The molecule has 0 aromatic rings. The Bertz CT molecular complexity index is 159. The third-order valence-electron chi connectivity index (χ3n) is 2.47. The smallest absolute Gasteiger partial charge is 0.231 e. The summed E-state index contributed by atoms with van der Waals surface area (Å²) >= 11 is 0. The lowest BCUT2D eigenvalue weighted by Crippen LogP contribution is -2.57. The number of aliphatic hydroxyl groups excluding tert-OH is 1. The second kappa shape index (κ2) is 3.86. The minimum absolute atomic E-state index is 0.151. The fourth-order valence-electron chi connectivity index (χ4n) is 1.69. The van der Waals surface area contributed by atoms with Crippen molar-refractivity contribution in [2.75, 3.05) is 14.2 Å². The van der Waals surface area contributed by atoms with Crippen molar-refractivity contribution in [1.29, 1.82) is 0 Å². The summed E-state index contributed by atoms with van der Waals surface area (Å²) in [7, 11) is 2.39. The van der Waals surface area contributed by atoms with Gasteiger partial charge in [-0.25, -0.2) is 8.78 Å². The molecule has 0 radical (unpaired) electrons. The Morgan fingerprint density at radius 2 is 1.54 bits per heavy atom. The first-order valence-corrected chi connectivity index (χ1v) is 4.13. The first kappa shape index (κ1) is 10.8. The number of methoxy groups -OCH3 is 2. The van der Waals surface area contributed by atoms with E-state index in [1.54, 1.807) is 0 Å². The largest absolute Gasteiger partial charge is 0.393 e. The van der Waals surface area contributed by atoms with Crippen LogP contribution in [-0.2, 0) is 9.47 Å². The van der Waals surface area contributed by atoms with Crippen LogP contribution in [-0.4, -0.2) is 43.6 Å². The van der Waals surface area contributed by atoms with E-state index in [0.717, 1.165) is 0 Å². The quantitative estimate of drug-likeness (QED) is 0.664. The molecule has 0 aliphatic heterocycles. The molecule has 0 saturated heterocycles. The van der Waals surface area contributed by atoms with Crippen LogP contribution < -0.4 is 0 Å². The van der Waals surface area contributed by atoms with Gasteiger partial charge in [0.05, 0.1) is 6.10 Å². The Kier molecular flexibility index (Phi) is 3.21. The average molecular weight is 196 g/mol. The topological polar surface area (TPSA) is 38.7 Å². The summed E-state index contributed by atoms with van der Waals surface area (Å²) in [5.41, 5.74) is 0. The maximum Gasteiger partial charge on any atom is 0.231 e. The summed E-state index contributed by atoms with van der Waals surface area (Å²) in [5, 5.41) is 9.08. The molecule has 1 aliphatic rings. The Labute approximate surface area is 75.6 Å². The van der Waals surface area contributed by atoms with E-state index in [4.69, 9.17) is 14.6 Å². The van der Waals surface area contributed by atoms with Crippen LogP contribution in [0.1, 0.15) is 12.8 Å². The number of halogens is 2. The molecule has 0 heterocycles. The zero-order valence-electron chi connectivity index (χ0n) is 7.67. The lowest BCUT2D eigenvalue weighted by molar-refractivity contribution is -0.294. The van der Waals surface area contributed by atoms with Crippen LogP contribution in [0.5, 0.6) is 0 Å². The monoisotopic (exact) mass is 196 g/mol. The third-order valence-corrected chi connectivity index (χ3v) is 2.47. The maximum atomic E-state index is 13.4. The molecule has 1 aliphatic carbocycles. The van der Waals surface area contributed by atoms with Crippen LogP contribution in [0.15, 0.2) is 0 Å². The Hall–Kier alpha value is -0.260. The minimum atomic E-state index is -1.83. The van der Waals surface area contributed by atoms with Crippen LogP contribution in [0.25, 0.3) is 0 Å². The summed E-state index contributed by atoms with van der Waals surface area (Å²) in [4.78, 5) is 0. The highest BCUT2D eigenvalue weighted by Crippen LogP contribution is 2.36. The molecule has 0 aromatic carbocycles. The molecule has 1 rings (SSSR count). The summed E-state index contributed by atoms with van der Waals surface area (Å²) in [5.74, 6) is -1.83. The second-order valence-corrected chi connectivity index (χ2v) is 3.19. The molecule has 1 fully saturated rings. The van der Waals surface area contributed by atoms with Crippen LogP contribution in [0.4, 0.5) is 8.78 Å². The van der Waals surface area contributed by atoms with Gasteiger partial charge >= 0.3 is 0 Å². The van der Waals surface area contributed by atoms with Crippen molar-refractivity contribution in [3.05, 3.63) is 0 Å². The molecule has 78 valence electrons. The molecule has 1 saturated carbocycles. The van der Waals surface area contributed by atoms with Crippen LogP contribution in [0.3, 0.4) is 0 Å². The van der Waals surface area contributed by atoms with E-state index in [9.17, 15) is 8.78 Å². The van der Waals surface area contributed by atoms with Gasteiger partial charge in [0.1, 0.15) is 0 Å². The summed E-state index contributed by atoms with van der Waals surface area (Å²) in [6.45, 7) is 0.